The van der Waals surface area contributed by atoms with E-state index >= 15 is 0 Å². The van der Waals surface area contributed by atoms with Crippen molar-refractivity contribution in [2.24, 2.45) is 0 Å². The molecule has 0 bridgehead atoms. The van der Waals surface area contributed by atoms with E-state index in [0.717, 1.165) is 22.1 Å². The molecule has 2 N–H and O–H groups in total. The van der Waals surface area contributed by atoms with Crippen LogP contribution in [0, 0.1) is 0 Å². The van der Waals surface area contributed by atoms with Crippen LogP contribution in [0.25, 0.3) is 11.0 Å². The van der Waals surface area contributed by atoms with Gasteiger partial charge in [0.25, 0.3) is 0 Å². The molecule has 1 aromatic carbocycles. The number of anilines is 1. The molecule has 5 heteroatoms. The Morgan fingerprint density at radius 2 is 2.18 bits per heavy atom. The number of fused-ring (bicyclic) bond motifs is 1. The Morgan fingerprint density at radius 1 is 1.47 bits per heavy atom. The van der Waals surface area contributed by atoms with Crippen LogP contribution in [-0.2, 0) is 6.54 Å². The third kappa shape index (κ3) is 2.60. The summed E-state index contributed by atoms with van der Waals surface area (Å²) >= 11 is 5.28. The summed E-state index contributed by atoms with van der Waals surface area (Å²) < 4.78 is 3.26. The van der Waals surface area contributed by atoms with Crippen molar-refractivity contribution in [2.45, 2.75) is 25.1 Å². The lowest BCUT2D eigenvalue weighted by Crippen LogP contribution is -2.23. The maximum Gasteiger partial charge on any atom is 0.201 e. The van der Waals surface area contributed by atoms with Crippen LogP contribution in [0.1, 0.15) is 13.8 Å². The Kier molecular flexibility index (Phi) is 3.41. The zero-order chi connectivity index (χ0) is 12.6. The predicted molar refractivity (Wildman–Crippen MR) is 79.4 cm³/mol. The highest BCUT2D eigenvalue weighted by molar-refractivity contribution is 9.10. The van der Waals surface area contributed by atoms with Crippen LogP contribution in [-0.4, -0.2) is 20.6 Å². The van der Waals surface area contributed by atoms with Gasteiger partial charge in [-0.25, -0.2) is 4.98 Å². The number of benzene rings is 1. The zero-order valence-corrected chi connectivity index (χ0v) is 12.6. The highest BCUT2D eigenvalue weighted by atomic mass is 79.9. The van der Waals surface area contributed by atoms with Crippen molar-refractivity contribution in [3.8, 4) is 0 Å². The summed E-state index contributed by atoms with van der Waals surface area (Å²) in [4.78, 5) is 4.39. The second kappa shape index (κ2) is 4.53. The first kappa shape index (κ1) is 12.8. The smallest absolute Gasteiger partial charge is 0.201 e. The van der Waals surface area contributed by atoms with Crippen molar-refractivity contribution in [2.75, 3.05) is 12.0 Å². The molecule has 2 aromatic rings. The van der Waals surface area contributed by atoms with Gasteiger partial charge in [-0.1, -0.05) is 15.9 Å². The monoisotopic (exact) mass is 313 g/mol. The van der Waals surface area contributed by atoms with E-state index in [1.807, 2.05) is 23.9 Å². The molecule has 2 rings (SSSR count). The molecule has 0 aliphatic rings. The molecule has 0 amide bonds. The Morgan fingerprint density at radius 3 is 2.82 bits per heavy atom. The van der Waals surface area contributed by atoms with E-state index in [1.165, 1.54) is 0 Å². The number of nitrogens with zero attached hydrogens (tertiary/aromatic N) is 2. The second-order valence-electron chi connectivity index (χ2n) is 4.65. The summed E-state index contributed by atoms with van der Waals surface area (Å²) in [5.74, 6) is 0.584. The minimum absolute atomic E-state index is 0.148. The molecule has 3 nitrogen and oxygen atoms in total. The molecule has 0 saturated carbocycles. The van der Waals surface area contributed by atoms with Crippen LogP contribution in [0.2, 0.25) is 0 Å². The lowest BCUT2D eigenvalue weighted by Gasteiger charge is -2.23. The van der Waals surface area contributed by atoms with E-state index in [0.29, 0.717) is 5.95 Å². The van der Waals surface area contributed by atoms with Crippen LogP contribution < -0.4 is 5.73 Å². The molecule has 0 aliphatic heterocycles. The number of hydrogen-bond acceptors (Lipinski definition) is 3. The van der Waals surface area contributed by atoms with Crippen molar-refractivity contribution in [1.82, 2.24) is 9.55 Å². The quantitative estimate of drug-likeness (QED) is 0.942. The summed E-state index contributed by atoms with van der Waals surface area (Å²) in [6.07, 6.45) is 2.12. The minimum Gasteiger partial charge on any atom is -0.369 e. The van der Waals surface area contributed by atoms with Crippen molar-refractivity contribution in [3.63, 3.8) is 0 Å². The fraction of sp³-hybridized carbons (Fsp3) is 0.417. The van der Waals surface area contributed by atoms with Gasteiger partial charge in [0.05, 0.1) is 11.0 Å². The fourth-order valence-corrected chi connectivity index (χ4v) is 2.34. The van der Waals surface area contributed by atoms with Crippen molar-refractivity contribution < 1.29 is 0 Å². The largest absolute Gasteiger partial charge is 0.369 e. The number of thioether (sulfide) groups is 1. The Labute approximate surface area is 114 Å². The fourth-order valence-electron chi connectivity index (χ4n) is 1.73. The highest BCUT2D eigenvalue weighted by Crippen LogP contribution is 2.28. The lowest BCUT2D eigenvalue weighted by molar-refractivity contribution is 0.585. The van der Waals surface area contributed by atoms with Gasteiger partial charge in [0.2, 0.25) is 5.95 Å². The van der Waals surface area contributed by atoms with Gasteiger partial charge < -0.3 is 10.3 Å². The first-order valence-corrected chi connectivity index (χ1v) is 7.41. The number of rotatable bonds is 3. The maximum absolute atomic E-state index is 5.99. The topological polar surface area (TPSA) is 43.8 Å². The first-order valence-electron chi connectivity index (χ1n) is 5.39. The highest BCUT2D eigenvalue weighted by Gasteiger charge is 2.20. The van der Waals surface area contributed by atoms with E-state index in [1.54, 1.807) is 0 Å². The standard InChI is InChI=1S/C12H16BrN3S/c1-12(2,17-3)7-16-10-5-4-8(13)6-9(10)15-11(16)14/h4-6H,7H2,1-3H3,(H2,14,15). The third-order valence-electron chi connectivity index (χ3n) is 2.83. The van der Waals surface area contributed by atoms with Crippen LogP contribution in [0.3, 0.4) is 0 Å². The summed E-state index contributed by atoms with van der Waals surface area (Å²) in [7, 11) is 0. The van der Waals surface area contributed by atoms with E-state index in [2.05, 4.69) is 51.7 Å². The normalized spacial score (nSPS) is 12.2. The number of halogens is 1. The summed E-state index contributed by atoms with van der Waals surface area (Å²) in [6, 6.07) is 6.07. The average Bonchev–Trinajstić information content (AvgIpc) is 2.54. The van der Waals surface area contributed by atoms with Crippen LogP contribution in [0.5, 0.6) is 0 Å². The molecule has 0 fully saturated rings. The number of imidazole rings is 1. The molecular formula is C12H16BrN3S. The van der Waals surface area contributed by atoms with Gasteiger partial charge in [0.15, 0.2) is 0 Å². The Hall–Kier alpha value is -0.680. The molecule has 92 valence electrons. The van der Waals surface area contributed by atoms with Crippen molar-refractivity contribution >= 4 is 44.7 Å². The predicted octanol–water partition coefficient (Wildman–Crippen LogP) is 3.52. The molecule has 0 atom stereocenters. The van der Waals surface area contributed by atoms with E-state index in [9.17, 15) is 0 Å². The Balaban J connectivity index is 2.50. The van der Waals surface area contributed by atoms with Gasteiger partial charge in [-0.2, -0.15) is 11.8 Å². The molecule has 0 saturated heterocycles. The van der Waals surface area contributed by atoms with Crippen LogP contribution in [0.15, 0.2) is 22.7 Å². The minimum atomic E-state index is 0.148. The average molecular weight is 314 g/mol. The van der Waals surface area contributed by atoms with Gasteiger partial charge >= 0.3 is 0 Å². The molecule has 0 spiro atoms. The molecule has 1 heterocycles. The SMILES string of the molecule is CSC(C)(C)Cn1c(N)nc2cc(Br)ccc21. The molecule has 0 radical (unpaired) electrons. The van der Waals surface area contributed by atoms with Gasteiger partial charge in [-0.05, 0) is 38.3 Å². The summed E-state index contributed by atoms with van der Waals surface area (Å²) in [5.41, 5.74) is 8.02. The number of hydrogen-bond donors (Lipinski definition) is 1. The molecule has 17 heavy (non-hydrogen) atoms. The Bertz CT molecular complexity index is 548. The van der Waals surface area contributed by atoms with Crippen molar-refractivity contribution in [3.05, 3.63) is 22.7 Å². The van der Waals surface area contributed by atoms with Gasteiger partial charge in [0.1, 0.15) is 0 Å². The number of aromatic nitrogens is 2. The summed E-state index contributed by atoms with van der Waals surface area (Å²) in [6.45, 7) is 5.28. The zero-order valence-electron chi connectivity index (χ0n) is 10.2. The second-order valence-corrected chi connectivity index (χ2v) is 7.08. The van der Waals surface area contributed by atoms with E-state index in [4.69, 9.17) is 5.73 Å². The number of nitrogen functional groups attached to an aromatic ring is 1. The number of nitrogens with two attached hydrogens (primary N) is 1. The summed E-state index contributed by atoms with van der Waals surface area (Å²) in [5, 5.41) is 0. The van der Waals surface area contributed by atoms with Gasteiger partial charge in [0, 0.05) is 15.8 Å². The van der Waals surface area contributed by atoms with Crippen LogP contribution >= 0.6 is 27.7 Å². The van der Waals surface area contributed by atoms with Crippen molar-refractivity contribution in [1.29, 1.82) is 0 Å². The van der Waals surface area contributed by atoms with E-state index in [-0.39, 0.29) is 4.75 Å². The van der Waals surface area contributed by atoms with Gasteiger partial charge in [-0.15, -0.1) is 0 Å². The third-order valence-corrected chi connectivity index (χ3v) is 4.56. The first-order chi connectivity index (χ1) is 7.93. The molecular weight excluding hydrogens is 298 g/mol. The molecule has 1 aromatic heterocycles. The molecule has 0 aliphatic carbocycles. The molecule has 0 unspecified atom stereocenters. The van der Waals surface area contributed by atoms with E-state index < -0.39 is 0 Å². The lowest BCUT2D eigenvalue weighted by atomic mass is 10.2. The van der Waals surface area contributed by atoms with Crippen LogP contribution in [0.4, 0.5) is 5.95 Å². The van der Waals surface area contributed by atoms with Gasteiger partial charge in [-0.3, -0.25) is 0 Å². The maximum atomic E-state index is 5.99.